The summed E-state index contributed by atoms with van der Waals surface area (Å²) in [6.07, 6.45) is 8.03. The first-order chi connectivity index (χ1) is 16.5. The largest absolute Gasteiger partial charge is 0.381 e. The molecule has 1 atom stereocenters. The van der Waals surface area contributed by atoms with Gasteiger partial charge < -0.3 is 24.5 Å². The number of rotatable bonds is 10. The normalized spacial score (nSPS) is 15.7. The van der Waals surface area contributed by atoms with Gasteiger partial charge in [0.2, 0.25) is 0 Å². The number of hydrogen-bond acceptors (Lipinski definition) is 7. The minimum atomic E-state index is -0.255. The van der Waals surface area contributed by atoms with E-state index in [1.54, 1.807) is 11.1 Å². The molecule has 4 rings (SSSR count). The number of carbonyl (C=O) groups excluding carboxylic acids is 2. The Labute approximate surface area is 202 Å². The van der Waals surface area contributed by atoms with E-state index in [9.17, 15) is 9.59 Å². The van der Waals surface area contributed by atoms with Crippen LogP contribution in [0.2, 0.25) is 0 Å². The molecule has 182 valence electrons. The first kappa shape index (κ1) is 24.1. The van der Waals surface area contributed by atoms with E-state index >= 15 is 0 Å². The SMILES string of the molecule is CC(C)OCCNC(=O)N(CC1CCOC1)c1ncc(C(=O)NCc2ccc3nccn3c2)s1. The molecule has 0 radical (unpaired) electrons. The van der Waals surface area contributed by atoms with Gasteiger partial charge in [0, 0.05) is 50.7 Å². The van der Waals surface area contributed by atoms with Gasteiger partial charge in [0.05, 0.1) is 25.5 Å². The van der Waals surface area contributed by atoms with Crippen LogP contribution in [0.5, 0.6) is 0 Å². The number of thiazole rings is 1. The van der Waals surface area contributed by atoms with E-state index in [0.717, 1.165) is 17.6 Å². The van der Waals surface area contributed by atoms with Crippen LogP contribution in [0.15, 0.2) is 36.9 Å². The number of carbonyl (C=O) groups is 2. The molecule has 1 fully saturated rings. The van der Waals surface area contributed by atoms with Crippen molar-refractivity contribution in [1.29, 1.82) is 0 Å². The molecule has 0 bridgehead atoms. The highest BCUT2D eigenvalue weighted by Crippen LogP contribution is 2.25. The summed E-state index contributed by atoms with van der Waals surface area (Å²) in [5, 5.41) is 6.29. The maximum atomic E-state index is 12.9. The third kappa shape index (κ3) is 6.31. The molecule has 3 aromatic rings. The van der Waals surface area contributed by atoms with Crippen molar-refractivity contribution in [1.82, 2.24) is 25.0 Å². The molecule has 3 amide bonds. The lowest BCUT2D eigenvalue weighted by atomic mass is 10.1. The van der Waals surface area contributed by atoms with Gasteiger partial charge in [0.1, 0.15) is 10.5 Å². The van der Waals surface area contributed by atoms with Crippen molar-refractivity contribution in [2.24, 2.45) is 5.92 Å². The molecule has 1 saturated heterocycles. The summed E-state index contributed by atoms with van der Waals surface area (Å²) >= 11 is 1.20. The number of aromatic nitrogens is 3. The molecule has 2 N–H and O–H groups in total. The van der Waals surface area contributed by atoms with E-state index in [1.165, 1.54) is 17.5 Å². The Morgan fingerprint density at radius 2 is 2.21 bits per heavy atom. The second kappa shape index (κ2) is 11.4. The molecule has 0 spiro atoms. The molecular formula is C23H30N6O4S. The fourth-order valence-electron chi connectivity index (χ4n) is 3.62. The number of ether oxygens (including phenoxy) is 2. The lowest BCUT2D eigenvalue weighted by Gasteiger charge is -2.23. The predicted octanol–water partition coefficient (Wildman–Crippen LogP) is 2.70. The second-order valence-electron chi connectivity index (χ2n) is 8.41. The molecule has 0 aromatic carbocycles. The van der Waals surface area contributed by atoms with E-state index in [0.29, 0.717) is 49.5 Å². The Hall–Kier alpha value is -3.02. The molecule has 1 aliphatic heterocycles. The maximum absolute atomic E-state index is 12.9. The van der Waals surface area contributed by atoms with Crippen molar-refractivity contribution >= 4 is 34.1 Å². The lowest BCUT2D eigenvalue weighted by molar-refractivity contribution is 0.0819. The van der Waals surface area contributed by atoms with E-state index in [4.69, 9.17) is 9.47 Å². The number of fused-ring (bicyclic) bond motifs is 1. The monoisotopic (exact) mass is 486 g/mol. The van der Waals surface area contributed by atoms with Crippen molar-refractivity contribution in [3.63, 3.8) is 0 Å². The number of nitrogens with zero attached hydrogens (tertiary/aromatic N) is 4. The van der Waals surface area contributed by atoms with E-state index in [2.05, 4.69) is 20.6 Å². The van der Waals surface area contributed by atoms with Crippen molar-refractivity contribution in [3.05, 3.63) is 47.4 Å². The van der Waals surface area contributed by atoms with Gasteiger partial charge in [-0.1, -0.05) is 17.4 Å². The van der Waals surface area contributed by atoms with Crippen LogP contribution in [0.3, 0.4) is 0 Å². The fraction of sp³-hybridized carbons (Fsp3) is 0.478. The Kier molecular flexibility index (Phi) is 8.09. The summed E-state index contributed by atoms with van der Waals surface area (Å²) in [4.78, 5) is 36.3. The van der Waals surface area contributed by atoms with Crippen LogP contribution in [0.1, 0.15) is 35.5 Å². The fourth-order valence-corrected chi connectivity index (χ4v) is 4.46. The highest BCUT2D eigenvalue weighted by Gasteiger charge is 2.26. The van der Waals surface area contributed by atoms with Crippen LogP contribution in [-0.2, 0) is 16.0 Å². The van der Waals surface area contributed by atoms with Crippen molar-refractivity contribution in [3.8, 4) is 0 Å². The zero-order valence-corrected chi connectivity index (χ0v) is 20.2. The number of anilines is 1. The number of imidazole rings is 1. The molecule has 0 aliphatic carbocycles. The molecule has 4 heterocycles. The average molecular weight is 487 g/mol. The molecule has 3 aromatic heterocycles. The minimum Gasteiger partial charge on any atom is -0.381 e. The third-order valence-corrected chi connectivity index (χ3v) is 6.41. The van der Waals surface area contributed by atoms with Crippen LogP contribution in [-0.4, -0.2) is 65.3 Å². The summed E-state index contributed by atoms with van der Waals surface area (Å²) in [6, 6.07) is 3.58. The summed E-state index contributed by atoms with van der Waals surface area (Å²) in [5.41, 5.74) is 1.80. The third-order valence-electron chi connectivity index (χ3n) is 5.39. The molecule has 10 nitrogen and oxygen atoms in total. The second-order valence-corrected chi connectivity index (χ2v) is 9.42. The Balaban J connectivity index is 1.38. The lowest BCUT2D eigenvalue weighted by Crippen LogP contribution is -2.44. The highest BCUT2D eigenvalue weighted by atomic mass is 32.1. The van der Waals surface area contributed by atoms with Gasteiger partial charge in [-0.15, -0.1) is 0 Å². The maximum Gasteiger partial charge on any atom is 0.323 e. The van der Waals surface area contributed by atoms with Crippen molar-refractivity contribution < 1.29 is 19.1 Å². The van der Waals surface area contributed by atoms with E-state index < -0.39 is 0 Å². The quantitative estimate of drug-likeness (QED) is 0.427. The summed E-state index contributed by atoms with van der Waals surface area (Å²) in [7, 11) is 0. The van der Waals surface area contributed by atoms with E-state index in [-0.39, 0.29) is 24.0 Å². The van der Waals surface area contributed by atoms with Gasteiger partial charge in [0.25, 0.3) is 5.91 Å². The molecule has 11 heteroatoms. The summed E-state index contributed by atoms with van der Waals surface area (Å²) in [6.45, 7) is 6.89. The minimum absolute atomic E-state index is 0.102. The topological polar surface area (TPSA) is 110 Å². The van der Waals surface area contributed by atoms with Gasteiger partial charge in [-0.2, -0.15) is 0 Å². The van der Waals surface area contributed by atoms with Gasteiger partial charge in [-0.3, -0.25) is 9.69 Å². The van der Waals surface area contributed by atoms with Crippen LogP contribution >= 0.6 is 11.3 Å². The molecule has 1 aliphatic rings. The first-order valence-corrected chi connectivity index (χ1v) is 12.2. The van der Waals surface area contributed by atoms with Gasteiger partial charge in [-0.05, 0) is 31.9 Å². The zero-order valence-electron chi connectivity index (χ0n) is 19.4. The number of amides is 3. The average Bonchev–Trinajstić information content (AvgIpc) is 3.59. The van der Waals surface area contributed by atoms with Gasteiger partial charge in [0.15, 0.2) is 5.13 Å². The highest BCUT2D eigenvalue weighted by molar-refractivity contribution is 7.17. The summed E-state index contributed by atoms with van der Waals surface area (Å²) in [5.74, 6) is 0.00121. The molecule has 34 heavy (non-hydrogen) atoms. The smallest absolute Gasteiger partial charge is 0.323 e. The van der Waals surface area contributed by atoms with Crippen LogP contribution in [0.25, 0.3) is 5.65 Å². The van der Waals surface area contributed by atoms with Crippen LogP contribution in [0, 0.1) is 5.92 Å². The molecular weight excluding hydrogens is 456 g/mol. The van der Waals surface area contributed by atoms with Crippen molar-refractivity contribution in [2.45, 2.75) is 32.9 Å². The van der Waals surface area contributed by atoms with Crippen LogP contribution in [0.4, 0.5) is 9.93 Å². The number of hydrogen-bond donors (Lipinski definition) is 2. The van der Waals surface area contributed by atoms with Gasteiger partial charge >= 0.3 is 6.03 Å². The van der Waals surface area contributed by atoms with Crippen LogP contribution < -0.4 is 15.5 Å². The molecule has 1 unspecified atom stereocenters. The standard InChI is InChI=1S/C23H30N6O4S/c1-16(2)33-10-7-25-22(31)29(14-18-5-9-32-15-18)23-27-12-19(34-23)21(30)26-11-17-3-4-20-24-6-8-28(20)13-17/h3-4,6,8,12-13,16,18H,5,7,9-11,14-15H2,1-2H3,(H,25,31)(H,26,30). The van der Waals surface area contributed by atoms with E-state index in [1.807, 2.05) is 42.8 Å². The first-order valence-electron chi connectivity index (χ1n) is 11.4. The van der Waals surface area contributed by atoms with Crippen molar-refractivity contribution in [2.75, 3.05) is 37.8 Å². The number of nitrogens with one attached hydrogen (secondary N) is 2. The Morgan fingerprint density at radius 3 is 3.00 bits per heavy atom. The van der Waals surface area contributed by atoms with Gasteiger partial charge in [-0.25, -0.2) is 14.8 Å². The molecule has 0 saturated carbocycles. The zero-order chi connectivity index (χ0) is 23.9. The predicted molar refractivity (Wildman–Crippen MR) is 129 cm³/mol. The summed E-state index contributed by atoms with van der Waals surface area (Å²) < 4.78 is 12.9. The Bertz CT molecular complexity index is 1110. The Morgan fingerprint density at radius 1 is 1.32 bits per heavy atom. The number of pyridine rings is 1. The number of urea groups is 1.